The third-order valence-corrected chi connectivity index (χ3v) is 6.55. The first-order valence-electron chi connectivity index (χ1n) is 12.3. The Hall–Kier alpha value is -4.66. The monoisotopic (exact) mass is 514 g/mol. The van der Waals surface area contributed by atoms with Gasteiger partial charge in [-0.15, -0.1) is 0 Å². The molecule has 9 heteroatoms. The van der Waals surface area contributed by atoms with Crippen LogP contribution in [0, 0.1) is 11.3 Å². The molecule has 0 spiro atoms. The highest BCUT2D eigenvalue weighted by atomic mass is 16.5. The fourth-order valence-corrected chi connectivity index (χ4v) is 4.56. The lowest BCUT2D eigenvalue weighted by molar-refractivity contribution is -0.142. The highest BCUT2D eigenvalue weighted by Gasteiger charge is 2.40. The fraction of sp³-hybridized carbons (Fsp3) is 0.241. The van der Waals surface area contributed by atoms with Gasteiger partial charge in [0.15, 0.2) is 0 Å². The maximum atomic E-state index is 12.9. The van der Waals surface area contributed by atoms with Crippen LogP contribution in [0.4, 0.5) is 0 Å². The largest absolute Gasteiger partial charge is 0.491 e. The van der Waals surface area contributed by atoms with E-state index in [4.69, 9.17) is 15.9 Å². The van der Waals surface area contributed by atoms with Crippen LogP contribution in [-0.4, -0.2) is 59.4 Å². The minimum absolute atomic E-state index is 0.0175. The Morgan fingerprint density at radius 2 is 1.61 bits per heavy atom. The van der Waals surface area contributed by atoms with Crippen LogP contribution in [0.1, 0.15) is 28.8 Å². The van der Waals surface area contributed by atoms with Crippen molar-refractivity contribution >= 4 is 23.6 Å². The Balaban J connectivity index is 1.36. The maximum absolute atomic E-state index is 12.9. The molecule has 1 heterocycles. The topological polar surface area (TPSA) is 146 Å². The summed E-state index contributed by atoms with van der Waals surface area (Å²) < 4.78 is 5.99. The molecule has 5 N–H and O–H groups in total. The molecule has 0 aliphatic carbocycles. The predicted molar refractivity (Wildman–Crippen MR) is 143 cm³/mol. The number of amides is 2. The summed E-state index contributed by atoms with van der Waals surface area (Å²) in [6, 6.07) is 23.4. The normalized spacial score (nSPS) is 16.7. The van der Waals surface area contributed by atoms with E-state index < -0.39 is 11.9 Å². The second-order valence-electron chi connectivity index (χ2n) is 9.16. The molecule has 0 radical (unpaired) electrons. The number of carboxylic acids is 1. The van der Waals surface area contributed by atoms with Crippen molar-refractivity contribution < 1.29 is 24.2 Å². The van der Waals surface area contributed by atoms with Gasteiger partial charge in [0.05, 0.1) is 18.4 Å². The van der Waals surface area contributed by atoms with Crippen LogP contribution < -0.4 is 15.8 Å². The third-order valence-electron chi connectivity index (χ3n) is 6.55. The number of carbonyl (C=O) groups excluding carboxylic acids is 2. The molecule has 1 saturated heterocycles. The minimum atomic E-state index is -1.02. The first kappa shape index (κ1) is 26.4. The zero-order chi connectivity index (χ0) is 27.1. The standard InChI is InChI=1S/C29H30N4O5/c30-27(31)21-8-6-19(7-9-21)20-10-12-25(13-11-20)38-18-24-16-23(17-26(34)35)29(37)33(24)15-14-32-28(36)22-4-2-1-3-5-22/h1-13,23-24H,14-18H2,(H3,30,31)(H,32,36)(H,34,35)/t23-,24-/m0/s1. The molecule has 196 valence electrons. The number of carboxylic acid groups (broad SMARTS) is 1. The molecule has 1 aliphatic heterocycles. The molecule has 1 fully saturated rings. The molecule has 0 saturated carbocycles. The number of aliphatic carboxylic acids is 1. The summed E-state index contributed by atoms with van der Waals surface area (Å²) in [7, 11) is 0. The average Bonchev–Trinajstić information content (AvgIpc) is 3.21. The van der Waals surface area contributed by atoms with Crippen LogP contribution in [0.5, 0.6) is 5.75 Å². The zero-order valence-corrected chi connectivity index (χ0v) is 20.8. The number of rotatable bonds is 11. The number of nitrogens with zero attached hydrogens (tertiary/aromatic N) is 1. The van der Waals surface area contributed by atoms with Crippen molar-refractivity contribution in [3.63, 3.8) is 0 Å². The summed E-state index contributed by atoms with van der Waals surface area (Å²) >= 11 is 0. The number of amidine groups is 1. The van der Waals surface area contributed by atoms with Gasteiger partial charge in [-0.3, -0.25) is 19.8 Å². The summed E-state index contributed by atoms with van der Waals surface area (Å²) in [6.07, 6.45) is 0.137. The van der Waals surface area contributed by atoms with E-state index >= 15 is 0 Å². The Morgan fingerprint density at radius 3 is 2.21 bits per heavy atom. The summed E-state index contributed by atoms with van der Waals surface area (Å²) in [5.74, 6) is -1.47. The molecule has 38 heavy (non-hydrogen) atoms. The molecule has 2 atom stereocenters. The van der Waals surface area contributed by atoms with Crippen LogP contribution in [0.3, 0.4) is 0 Å². The van der Waals surface area contributed by atoms with Gasteiger partial charge >= 0.3 is 5.97 Å². The molecule has 2 amide bonds. The van der Waals surface area contributed by atoms with Gasteiger partial charge in [0.2, 0.25) is 5.91 Å². The SMILES string of the molecule is N=C(N)c1ccc(-c2ccc(OC[C@@H]3C[C@@H](CC(=O)O)C(=O)N3CCNC(=O)c3ccccc3)cc2)cc1. The lowest BCUT2D eigenvalue weighted by Gasteiger charge is -2.25. The van der Waals surface area contributed by atoms with Gasteiger partial charge in [-0.05, 0) is 41.8 Å². The first-order chi connectivity index (χ1) is 18.3. The van der Waals surface area contributed by atoms with Crippen molar-refractivity contribution in [1.82, 2.24) is 10.2 Å². The number of likely N-dealkylation sites (tertiary alicyclic amines) is 1. The zero-order valence-electron chi connectivity index (χ0n) is 20.8. The molecular weight excluding hydrogens is 484 g/mol. The number of hydrogen-bond donors (Lipinski definition) is 4. The molecule has 1 aliphatic rings. The van der Waals surface area contributed by atoms with Crippen LogP contribution in [0.2, 0.25) is 0 Å². The van der Waals surface area contributed by atoms with E-state index in [1.54, 1.807) is 41.3 Å². The van der Waals surface area contributed by atoms with E-state index in [0.717, 1.165) is 11.1 Å². The highest BCUT2D eigenvalue weighted by Crippen LogP contribution is 2.29. The second-order valence-corrected chi connectivity index (χ2v) is 9.16. The van der Waals surface area contributed by atoms with Gasteiger partial charge in [0.25, 0.3) is 5.91 Å². The molecule has 9 nitrogen and oxygen atoms in total. The number of nitrogens with two attached hydrogens (primary N) is 1. The van der Waals surface area contributed by atoms with Crippen LogP contribution in [0.15, 0.2) is 78.9 Å². The van der Waals surface area contributed by atoms with Gasteiger partial charge in [0.1, 0.15) is 18.2 Å². The number of nitrogen functional groups attached to an aromatic ring is 1. The molecule has 0 aromatic heterocycles. The van der Waals surface area contributed by atoms with Crippen molar-refractivity contribution in [2.75, 3.05) is 19.7 Å². The number of carbonyl (C=O) groups is 3. The van der Waals surface area contributed by atoms with Gasteiger partial charge in [-0.25, -0.2) is 0 Å². The van der Waals surface area contributed by atoms with E-state index in [1.165, 1.54) is 0 Å². The van der Waals surface area contributed by atoms with Crippen LogP contribution in [-0.2, 0) is 9.59 Å². The summed E-state index contributed by atoms with van der Waals surface area (Å²) in [5.41, 5.74) is 8.65. The number of benzene rings is 3. The van der Waals surface area contributed by atoms with Gasteiger partial charge in [-0.2, -0.15) is 0 Å². The van der Waals surface area contributed by atoms with Gasteiger partial charge < -0.3 is 25.8 Å². The summed E-state index contributed by atoms with van der Waals surface area (Å²) in [6.45, 7) is 0.713. The summed E-state index contributed by atoms with van der Waals surface area (Å²) in [5, 5.41) is 19.6. The molecule has 4 rings (SSSR count). The second kappa shape index (κ2) is 12.1. The quantitative estimate of drug-likeness (QED) is 0.228. The Morgan fingerprint density at radius 1 is 0.974 bits per heavy atom. The lowest BCUT2D eigenvalue weighted by Crippen LogP contribution is -2.42. The Bertz CT molecular complexity index is 1290. The maximum Gasteiger partial charge on any atom is 0.304 e. The van der Waals surface area contributed by atoms with Gasteiger partial charge in [0, 0.05) is 24.2 Å². The number of ether oxygens (including phenoxy) is 1. The van der Waals surface area contributed by atoms with Crippen molar-refractivity contribution in [3.05, 3.63) is 90.0 Å². The molecular formula is C29H30N4O5. The van der Waals surface area contributed by atoms with Gasteiger partial charge in [-0.1, -0.05) is 54.6 Å². The molecule has 0 bridgehead atoms. The van der Waals surface area contributed by atoms with Crippen molar-refractivity contribution in [3.8, 4) is 16.9 Å². The smallest absolute Gasteiger partial charge is 0.304 e. The van der Waals surface area contributed by atoms with Crippen molar-refractivity contribution in [1.29, 1.82) is 5.41 Å². The average molecular weight is 515 g/mol. The first-order valence-corrected chi connectivity index (χ1v) is 12.3. The van der Waals surface area contributed by atoms with Crippen molar-refractivity contribution in [2.45, 2.75) is 18.9 Å². The van der Waals surface area contributed by atoms with E-state index in [2.05, 4.69) is 5.32 Å². The summed E-state index contributed by atoms with van der Waals surface area (Å²) in [4.78, 5) is 38.2. The molecule has 3 aromatic rings. The number of hydrogen-bond acceptors (Lipinski definition) is 5. The van der Waals surface area contributed by atoms with Crippen LogP contribution >= 0.6 is 0 Å². The van der Waals surface area contributed by atoms with Crippen LogP contribution in [0.25, 0.3) is 11.1 Å². The Labute approximate surface area is 220 Å². The predicted octanol–water partition coefficient (Wildman–Crippen LogP) is 3.14. The lowest BCUT2D eigenvalue weighted by atomic mass is 10.0. The molecule has 3 aromatic carbocycles. The van der Waals surface area contributed by atoms with E-state index in [1.807, 2.05) is 42.5 Å². The van der Waals surface area contributed by atoms with E-state index in [-0.39, 0.29) is 49.8 Å². The van der Waals surface area contributed by atoms with Crippen molar-refractivity contribution in [2.24, 2.45) is 11.7 Å². The highest BCUT2D eigenvalue weighted by molar-refractivity contribution is 5.95. The Kier molecular flexibility index (Phi) is 8.37. The fourth-order valence-electron chi connectivity index (χ4n) is 4.56. The number of nitrogens with one attached hydrogen (secondary N) is 2. The van der Waals surface area contributed by atoms with E-state index in [9.17, 15) is 19.5 Å². The minimum Gasteiger partial charge on any atom is -0.491 e. The molecule has 0 unspecified atom stereocenters. The third kappa shape index (κ3) is 6.56. The van der Waals surface area contributed by atoms with E-state index in [0.29, 0.717) is 23.3 Å².